The summed E-state index contributed by atoms with van der Waals surface area (Å²) in [4.78, 5) is 34.9. The van der Waals surface area contributed by atoms with E-state index in [1.165, 1.54) is 14.2 Å². The van der Waals surface area contributed by atoms with Crippen molar-refractivity contribution >= 4 is 29.2 Å². The third kappa shape index (κ3) is 6.66. The van der Waals surface area contributed by atoms with Crippen molar-refractivity contribution in [1.29, 1.82) is 0 Å². The second-order valence-electron chi connectivity index (χ2n) is 5.38. The number of aryl methyl sites for hydroxylation is 1. The Morgan fingerprint density at radius 2 is 1.84 bits per heavy atom. The van der Waals surface area contributed by atoms with Crippen molar-refractivity contribution in [2.24, 2.45) is 0 Å². The zero-order valence-electron chi connectivity index (χ0n) is 15.0. The summed E-state index contributed by atoms with van der Waals surface area (Å²) in [6.07, 6.45) is 3.29. The summed E-state index contributed by atoms with van der Waals surface area (Å²) in [5.74, 6) is -1.41. The fraction of sp³-hybridized carbons (Fsp3) is 0.389. The summed E-state index contributed by atoms with van der Waals surface area (Å²) >= 11 is 0. The molecule has 0 unspecified atom stereocenters. The van der Waals surface area contributed by atoms with E-state index in [4.69, 9.17) is 0 Å². The number of anilines is 2. The minimum absolute atomic E-state index is 0.0357. The normalized spacial score (nSPS) is 10.8. The largest absolute Gasteiger partial charge is 0.466 e. The third-order valence-corrected chi connectivity index (χ3v) is 3.41. The maximum atomic E-state index is 11.8. The lowest BCUT2D eigenvalue weighted by Crippen LogP contribution is -2.16. The number of methoxy groups -OCH3 is 2. The van der Waals surface area contributed by atoms with E-state index in [2.05, 4.69) is 20.1 Å². The van der Waals surface area contributed by atoms with Gasteiger partial charge in [-0.15, -0.1) is 0 Å². The number of ether oxygens (including phenoxy) is 2. The van der Waals surface area contributed by atoms with Crippen LogP contribution < -0.4 is 10.6 Å². The van der Waals surface area contributed by atoms with E-state index in [0.717, 1.165) is 24.5 Å². The average molecular weight is 348 g/mol. The van der Waals surface area contributed by atoms with E-state index in [0.29, 0.717) is 17.8 Å². The van der Waals surface area contributed by atoms with E-state index >= 15 is 0 Å². The fourth-order valence-electron chi connectivity index (χ4n) is 2.02. The summed E-state index contributed by atoms with van der Waals surface area (Å²) in [5.41, 5.74) is 2.04. The van der Waals surface area contributed by atoms with Gasteiger partial charge in [0.2, 0.25) is 5.91 Å². The molecule has 7 heteroatoms. The Balaban J connectivity index is 2.90. The van der Waals surface area contributed by atoms with E-state index in [1.807, 2.05) is 13.8 Å². The van der Waals surface area contributed by atoms with Crippen molar-refractivity contribution in [2.45, 2.75) is 33.1 Å². The van der Waals surface area contributed by atoms with Crippen LogP contribution in [0.5, 0.6) is 0 Å². The number of unbranched alkanes of at least 4 members (excludes halogenated alkanes) is 1. The highest BCUT2D eigenvalue weighted by Crippen LogP contribution is 2.21. The number of carbonyl (C=O) groups is 3. The molecule has 2 N–H and O–H groups in total. The summed E-state index contributed by atoms with van der Waals surface area (Å²) in [5, 5.41) is 5.68. The third-order valence-electron chi connectivity index (χ3n) is 3.41. The van der Waals surface area contributed by atoms with E-state index in [-0.39, 0.29) is 11.6 Å². The molecule has 0 aliphatic rings. The highest BCUT2D eigenvalue weighted by Gasteiger charge is 2.13. The van der Waals surface area contributed by atoms with Crippen molar-refractivity contribution in [2.75, 3.05) is 24.9 Å². The smallest absolute Gasteiger partial charge is 0.354 e. The second-order valence-corrected chi connectivity index (χ2v) is 5.38. The molecule has 1 aromatic rings. The molecule has 0 aliphatic carbocycles. The number of esters is 2. The second kappa shape index (κ2) is 10.1. The first-order chi connectivity index (χ1) is 11.9. The lowest BCUT2D eigenvalue weighted by atomic mass is 10.1. The first-order valence-corrected chi connectivity index (χ1v) is 7.96. The van der Waals surface area contributed by atoms with Crippen LogP contribution in [0.2, 0.25) is 0 Å². The highest BCUT2D eigenvalue weighted by molar-refractivity contribution is 5.99. The summed E-state index contributed by atoms with van der Waals surface area (Å²) in [6, 6.07) is 5.18. The van der Waals surface area contributed by atoms with Crippen molar-refractivity contribution in [3.63, 3.8) is 0 Å². The van der Waals surface area contributed by atoms with Gasteiger partial charge >= 0.3 is 11.9 Å². The fourth-order valence-corrected chi connectivity index (χ4v) is 2.02. The molecule has 1 aromatic carbocycles. The van der Waals surface area contributed by atoms with Crippen molar-refractivity contribution in [3.8, 4) is 0 Å². The number of hydrogen-bond acceptors (Lipinski definition) is 6. The zero-order chi connectivity index (χ0) is 18.8. The van der Waals surface area contributed by atoms with Gasteiger partial charge in [-0.3, -0.25) is 4.79 Å². The Hall–Kier alpha value is -2.83. The number of hydrogen-bond donors (Lipinski definition) is 2. The molecular formula is C18H24N2O5. The minimum Gasteiger partial charge on any atom is -0.466 e. The van der Waals surface area contributed by atoms with Gasteiger partial charge < -0.3 is 20.1 Å². The van der Waals surface area contributed by atoms with Crippen LogP contribution in [-0.2, 0) is 23.9 Å². The quantitative estimate of drug-likeness (QED) is 0.554. The van der Waals surface area contributed by atoms with Gasteiger partial charge in [-0.25, -0.2) is 9.59 Å². The van der Waals surface area contributed by atoms with Crippen molar-refractivity contribution in [3.05, 3.63) is 35.5 Å². The van der Waals surface area contributed by atoms with Gasteiger partial charge in [-0.1, -0.05) is 13.3 Å². The van der Waals surface area contributed by atoms with E-state index in [1.54, 1.807) is 18.2 Å². The molecule has 0 saturated carbocycles. The van der Waals surface area contributed by atoms with Gasteiger partial charge in [-0.05, 0) is 37.1 Å². The van der Waals surface area contributed by atoms with Gasteiger partial charge in [0.15, 0.2) is 0 Å². The van der Waals surface area contributed by atoms with Crippen LogP contribution in [0.1, 0.15) is 31.7 Å². The summed E-state index contributed by atoms with van der Waals surface area (Å²) in [6.45, 7) is 3.86. The number of benzene rings is 1. The van der Waals surface area contributed by atoms with Crippen LogP contribution in [0.25, 0.3) is 0 Å². The van der Waals surface area contributed by atoms with Crippen LogP contribution in [0.3, 0.4) is 0 Å². The SMILES string of the molecule is CCCCC(=O)Nc1ccc(N/C(=C/C(=O)OC)C(=O)OC)cc1C. The Bertz CT molecular complexity index is 667. The Labute approximate surface area is 147 Å². The summed E-state index contributed by atoms with van der Waals surface area (Å²) in [7, 11) is 2.43. The topological polar surface area (TPSA) is 93.7 Å². The molecule has 1 rings (SSSR count). The maximum Gasteiger partial charge on any atom is 0.354 e. The zero-order valence-corrected chi connectivity index (χ0v) is 15.0. The number of carbonyl (C=O) groups excluding carboxylic acids is 3. The van der Waals surface area contributed by atoms with Crippen molar-refractivity contribution in [1.82, 2.24) is 0 Å². The van der Waals surface area contributed by atoms with Gasteiger partial charge in [-0.2, -0.15) is 0 Å². The van der Waals surface area contributed by atoms with Gasteiger partial charge in [0, 0.05) is 17.8 Å². The monoisotopic (exact) mass is 348 g/mol. The molecule has 136 valence electrons. The molecular weight excluding hydrogens is 324 g/mol. The molecule has 0 aromatic heterocycles. The number of nitrogens with one attached hydrogen (secondary N) is 2. The molecule has 0 bridgehead atoms. The first-order valence-electron chi connectivity index (χ1n) is 7.96. The number of rotatable bonds is 8. The predicted octanol–water partition coefficient (Wildman–Crippen LogP) is 2.77. The Kier molecular flexibility index (Phi) is 8.18. The van der Waals surface area contributed by atoms with Crippen molar-refractivity contribution < 1.29 is 23.9 Å². The molecule has 1 amide bonds. The van der Waals surface area contributed by atoms with E-state index < -0.39 is 11.9 Å². The molecule has 0 fully saturated rings. The average Bonchev–Trinajstić information content (AvgIpc) is 2.60. The van der Waals surface area contributed by atoms with E-state index in [9.17, 15) is 14.4 Å². The molecule has 0 heterocycles. The standard InChI is InChI=1S/C18H24N2O5/c1-5-6-7-16(21)20-14-9-8-13(10-12(14)2)19-15(18(23)25-4)11-17(22)24-3/h8-11,19H,5-7H2,1-4H3,(H,20,21)/b15-11+. The predicted molar refractivity (Wildman–Crippen MR) is 95.1 cm³/mol. The molecule has 7 nitrogen and oxygen atoms in total. The van der Waals surface area contributed by atoms with Crippen LogP contribution >= 0.6 is 0 Å². The van der Waals surface area contributed by atoms with Crippen LogP contribution in [0.4, 0.5) is 11.4 Å². The highest BCUT2D eigenvalue weighted by atomic mass is 16.5. The molecule has 25 heavy (non-hydrogen) atoms. The van der Waals surface area contributed by atoms with Crippen LogP contribution in [0.15, 0.2) is 30.0 Å². The number of amides is 1. The van der Waals surface area contributed by atoms with Crippen LogP contribution in [-0.4, -0.2) is 32.1 Å². The van der Waals surface area contributed by atoms with Crippen LogP contribution in [0, 0.1) is 6.92 Å². The maximum absolute atomic E-state index is 11.8. The summed E-state index contributed by atoms with van der Waals surface area (Å²) < 4.78 is 9.16. The Morgan fingerprint density at radius 1 is 1.12 bits per heavy atom. The lowest BCUT2D eigenvalue weighted by Gasteiger charge is -2.13. The molecule has 0 atom stereocenters. The first kappa shape index (κ1) is 20.2. The molecule has 0 radical (unpaired) electrons. The molecule has 0 saturated heterocycles. The Morgan fingerprint density at radius 3 is 2.40 bits per heavy atom. The van der Waals surface area contributed by atoms with Gasteiger partial charge in [0.05, 0.1) is 20.3 Å². The van der Waals surface area contributed by atoms with Gasteiger partial charge in [0.1, 0.15) is 5.70 Å². The lowest BCUT2D eigenvalue weighted by molar-refractivity contribution is -0.138. The molecule has 0 spiro atoms. The van der Waals surface area contributed by atoms with Gasteiger partial charge in [0.25, 0.3) is 0 Å². The molecule has 0 aliphatic heterocycles. The minimum atomic E-state index is -0.694.